The van der Waals surface area contributed by atoms with Crippen LogP contribution in [0.4, 0.5) is 11.4 Å². The number of halogens is 1. The molecule has 1 unspecified atom stereocenters. The molecule has 5 heterocycles. The van der Waals surface area contributed by atoms with E-state index in [9.17, 15) is 9.59 Å². The predicted molar refractivity (Wildman–Crippen MR) is 185 cm³/mol. The Labute approximate surface area is 283 Å². The second-order valence-corrected chi connectivity index (χ2v) is 12.7. The summed E-state index contributed by atoms with van der Waals surface area (Å²) >= 11 is 6.12. The normalized spacial score (nSPS) is 18.4. The van der Waals surface area contributed by atoms with Crippen LogP contribution in [0.15, 0.2) is 79.3 Å². The van der Waals surface area contributed by atoms with Crippen LogP contribution in [0.1, 0.15) is 6.42 Å². The summed E-state index contributed by atoms with van der Waals surface area (Å²) in [6, 6.07) is 19.3. The smallest absolute Gasteiger partial charge is 0.236 e. The number of carbonyl (C=O) groups is 2. The van der Waals surface area contributed by atoms with E-state index in [1.807, 2.05) is 41.3 Å². The number of piperazine rings is 1. The Hall–Kier alpha value is -4.91. The molecule has 2 aliphatic heterocycles. The minimum absolute atomic E-state index is 0.0778. The van der Waals surface area contributed by atoms with Gasteiger partial charge in [-0.25, -0.2) is 15.0 Å². The van der Waals surface area contributed by atoms with Crippen molar-refractivity contribution in [1.82, 2.24) is 34.9 Å². The molecule has 12 nitrogen and oxygen atoms in total. The van der Waals surface area contributed by atoms with Gasteiger partial charge in [-0.1, -0.05) is 11.6 Å². The molecule has 0 radical (unpaired) electrons. The molecule has 0 spiro atoms. The lowest BCUT2D eigenvalue weighted by Gasteiger charge is -2.37. The summed E-state index contributed by atoms with van der Waals surface area (Å²) in [5, 5.41) is 11.9. The fourth-order valence-corrected chi connectivity index (χ4v) is 6.81. The Balaban J connectivity index is 0.955. The fourth-order valence-electron chi connectivity index (χ4n) is 6.64. The van der Waals surface area contributed by atoms with E-state index in [0.717, 1.165) is 46.5 Å². The number of anilines is 2. The van der Waals surface area contributed by atoms with Gasteiger partial charge in [0.25, 0.3) is 0 Å². The first-order valence-corrected chi connectivity index (χ1v) is 16.3. The van der Waals surface area contributed by atoms with Gasteiger partial charge in [0, 0.05) is 86.3 Å². The largest absolute Gasteiger partial charge is 0.384 e. The van der Waals surface area contributed by atoms with Crippen molar-refractivity contribution in [3.8, 4) is 22.6 Å². The second kappa shape index (κ2) is 13.7. The number of likely N-dealkylation sites (tertiary alicyclic amines) is 1. The molecule has 5 aromatic rings. The van der Waals surface area contributed by atoms with Crippen LogP contribution in [0.2, 0.25) is 5.15 Å². The van der Waals surface area contributed by atoms with Crippen LogP contribution in [-0.4, -0.2) is 106 Å². The molecule has 0 saturated carbocycles. The molecule has 7 rings (SSSR count). The molecular formula is C35H36ClN9O3. The lowest BCUT2D eigenvalue weighted by molar-refractivity contribution is -0.133. The zero-order valence-corrected chi connectivity index (χ0v) is 27.4. The average molecular weight is 666 g/mol. The number of aromatic amines is 1. The number of benzene rings is 2. The third-order valence-corrected chi connectivity index (χ3v) is 9.41. The van der Waals surface area contributed by atoms with E-state index >= 15 is 0 Å². The summed E-state index contributed by atoms with van der Waals surface area (Å²) in [5.41, 5.74) is 4.34. The number of hydrogen-bond acceptors (Lipinski definition) is 9. The molecule has 2 N–H and O–H groups in total. The first-order chi connectivity index (χ1) is 23.4. The standard InChI is InChI=1S/C35H36ClN9O3/c1-48-23-35(34(47)40-26-5-8-29-28(20-26)32(42-41-29)25-9-13-37-30(36)19-25)10-14-43(22-35)21-31(46)45-17-15-44(16-18-45)27-6-3-24(4-7-27)33-38-11-2-12-39-33/h2-9,11-13,19-20H,10,14-18,21-23H2,1H3,(H,40,47)(H,41,42). The molecule has 0 aliphatic carbocycles. The van der Waals surface area contributed by atoms with Crippen LogP contribution in [0, 0.1) is 5.41 Å². The number of hydrogen-bond donors (Lipinski definition) is 2. The van der Waals surface area contributed by atoms with Crippen molar-refractivity contribution in [3.05, 3.63) is 84.4 Å². The molecular weight excluding hydrogens is 630 g/mol. The van der Waals surface area contributed by atoms with Crippen molar-refractivity contribution in [1.29, 1.82) is 0 Å². The minimum atomic E-state index is -0.780. The van der Waals surface area contributed by atoms with E-state index in [2.05, 4.69) is 52.4 Å². The van der Waals surface area contributed by atoms with Gasteiger partial charge in [0.15, 0.2) is 5.82 Å². The zero-order chi connectivity index (χ0) is 33.1. The molecule has 3 aromatic heterocycles. The number of ether oxygens (including phenoxy) is 1. The summed E-state index contributed by atoms with van der Waals surface area (Å²) in [4.78, 5) is 46.2. The van der Waals surface area contributed by atoms with Crippen LogP contribution in [0.3, 0.4) is 0 Å². The van der Waals surface area contributed by atoms with Crippen LogP contribution in [0.5, 0.6) is 0 Å². The number of nitrogens with zero attached hydrogens (tertiary/aromatic N) is 7. The highest BCUT2D eigenvalue weighted by Crippen LogP contribution is 2.34. The maximum absolute atomic E-state index is 13.8. The Bertz CT molecular complexity index is 1910. The summed E-state index contributed by atoms with van der Waals surface area (Å²) < 4.78 is 5.56. The number of fused-ring (bicyclic) bond motifs is 1. The first-order valence-electron chi connectivity index (χ1n) is 15.9. The number of rotatable bonds is 9. The Morgan fingerprint density at radius 3 is 2.48 bits per heavy atom. The summed E-state index contributed by atoms with van der Waals surface area (Å²) in [6.45, 7) is 4.38. The van der Waals surface area contributed by atoms with Crippen LogP contribution in [0.25, 0.3) is 33.5 Å². The van der Waals surface area contributed by atoms with Crippen LogP contribution in [-0.2, 0) is 14.3 Å². The maximum Gasteiger partial charge on any atom is 0.236 e. The van der Waals surface area contributed by atoms with Gasteiger partial charge in [-0.2, -0.15) is 5.10 Å². The Kier molecular flexibility index (Phi) is 9.02. The lowest BCUT2D eigenvalue weighted by atomic mass is 9.87. The van der Waals surface area contributed by atoms with Gasteiger partial charge in [-0.15, -0.1) is 0 Å². The lowest BCUT2D eigenvalue weighted by Crippen LogP contribution is -2.51. The molecule has 2 aromatic carbocycles. The average Bonchev–Trinajstić information content (AvgIpc) is 3.73. The molecule has 0 bridgehead atoms. The number of pyridine rings is 1. The van der Waals surface area contributed by atoms with Gasteiger partial charge in [-0.3, -0.25) is 19.6 Å². The van der Waals surface area contributed by atoms with Gasteiger partial charge in [0.1, 0.15) is 10.8 Å². The molecule has 2 saturated heterocycles. The van der Waals surface area contributed by atoms with Gasteiger partial charge in [0.2, 0.25) is 11.8 Å². The quantitative estimate of drug-likeness (QED) is 0.220. The van der Waals surface area contributed by atoms with E-state index in [0.29, 0.717) is 49.3 Å². The Morgan fingerprint density at radius 1 is 0.938 bits per heavy atom. The Morgan fingerprint density at radius 2 is 1.73 bits per heavy atom. The van der Waals surface area contributed by atoms with Crippen LogP contribution >= 0.6 is 11.6 Å². The van der Waals surface area contributed by atoms with Crippen LogP contribution < -0.4 is 10.2 Å². The third-order valence-electron chi connectivity index (χ3n) is 9.20. The van der Waals surface area contributed by atoms with Crippen molar-refractivity contribution >= 4 is 45.7 Å². The fraction of sp³-hybridized carbons (Fsp3) is 0.314. The number of amides is 2. The van der Waals surface area contributed by atoms with E-state index in [1.54, 1.807) is 37.8 Å². The third kappa shape index (κ3) is 6.59. The number of aromatic nitrogens is 5. The van der Waals surface area contributed by atoms with Crippen molar-refractivity contribution in [2.24, 2.45) is 5.41 Å². The van der Waals surface area contributed by atoms with E-state index < -0.39 is 5.41 Å². The highest BCUT2D eigenvalue weighted by molar-refractivity contribution is 6.29. The second-order valence-electron chi connectivity index (χ2n) is 12.3. The minimum Gasteiger partial charge on any atom is -0.384 e. The van der Waals surface area contributed by atoms with Crippen molar-refractivity contribution in [2.45, 2.75) is 6.42 Å². The van der Waals surface area contributed by atoms with Gasteiger partial charge in [-0.05, 0) is 73.6 Å². The number of methoxy groups -OCH3 is 1. The van der Waals surface area contributed by atoms with E-state index in [-0.39, 0.29) is 25.0 Å². The van der Waals surface area contributed by atoms with E-state index in [1.165, 1.54) is 0 Å². The highest BCUT2D eigenvalue weighted by Gasteiger charge is 2.45. The van der Waals surface area contributed by atoms with Gasteiger partial charge < -0.3 is 19.9 Å². The molecule has 246 valence electrons. The summed E-state index contributed by atoms with van der Waals surface area (Å²) in [6.07, 6.45) is 5.70. The zero-order valence-electron chi connectivity index (χ0n) is 26.6. The molecule has 1 atom stereocenters. The first kappa shape index (κ1) is 31.7. The SMILES string of the molecule is COCC1(C(=O)Nc2ccc3[nH]nc(-c4ccnc(Cl)c4)c3c2)CCN(CC(=O)N2CCN(c3ccc(-c4ncccn4)cc3)CC2)C1. The molecule has 2 aliphatic rings. The van der Waals surface area contributed by atoms with Crippen molar-refractivity contribution < 1.29 is 14.3 Å². The molecule has 48 heavy (non-hydrogen) atoms. The van der Waals surface area contributed by atoms with Crippen molar-refractivity contribution in [3.63, 3.8) is 0 Å². The predicted octanol–water partition coefficient (Wildman–Crippen LogP) is 4.36. The highest BCUT2D eigenvalue weighted by atomic mass is 35.5. The monoisotopic (exact) mass is 665 g/mol. The number of nitrogens with one attached hydrogen (secondary N) is 2. The van der Waals surface area contributed by atoms with E-state index in [4.69, 9.17) is 16.3 Å². The maximum atomic E-state index is 13.8. The summed E-state index contributed by atoms with van der Waals surface area (Å²) in [7, 11) is 1.61. The van der Waals surface area contributed by atoms with Gasteiger partial charge >= 0.3 is 0 Å². The van der Waals surface area contributed by atoms with Crippen molar-refractivity contribution in [2.75, 3.05) is 69.7 Å². The topological polar surface area (TPSA) is 132 Å². The molecule has 2 amide bonds. The number of carbonyl (C=O) groups excluding carboxylic acids is 2. The van der Waals surface area contributed by atoms with Gasteiger partial charge in [0.05, 0.1) is 24.1 Å². The summed E-state index contributed by atoms with van der Waals surface area (Å²) in [5.74, 6) is 0.647. The molecule has 13 heteroatoms. The number of H-pyrrole nitrogens is 1. The molecule has 2 fully saturated rings.